The van der Waals surface area contributed by atoms with Crippen LogP contribution in [0.5, 0.6) is 5.75 Å². The van der Waals surface area contributed by atoms with Gasteiger partial charge in [-0.25, -0.2) is 0 Å². The summed E-state index contributed by atoms with van der Waals surface area (Å²) in [5.41, 5.74) is 3.48. The fourth-order valence-electron chi connectivity index (χ4n) is 2.61. The molecule has 0 saturated heterocycles. The number of ether oxygens (including phenoxy) is 1. The van der Waals surface area contributed by atoms with Crippen molar-refractivity contribution in [3.63, 3.8) is 0 Å². The average molecular weight is 356 g/mol. The molecule has 0 aromatic heterocycles. The number of nitrogens with one attached hydrogen (secondary N) is 2. The lowest BCUT2D eigenvalue weighted by molar-refractivity contribution is -0.113. The van der Waals surface area contributed by atoms with Gasteiger partial charge < -0.3 is 15.4 Å². The standard InChI is InChI=1S/C19H20N2O3S/c1-12-3-5-16(13(2)9-12)24-8-7-20-19(23)14-4-6-17-15(10-14)21-18(22)11-25-17/h3-6,9-10H,7-8,11H2,1-2H3,(H,20,23)(H,21,22). The first kappa shape index (κ1) is 17.4. The number of thioether (sulfide) groups is 1. The average Bonchev–Trinajstić information content (AvgIpc) is 2.59. The summed E-state index contributed by atoms with van der Waals surface area (Å²) in [5.74, 6) is 1.01. The van der Waals surface area contributed by atoms with Crippen LogP contribution in [0.25, 0.3) is 0 Å². The lowest BCUT2D eigenvalue weighted by Crippen LogP contribution is -2.28. The maximum atomic E-state index is 12.2. The van der Waals surface area contributed by atoms with Gasteiger partial charge in [0.2, 0.25) is 5.91 Å². The van der Waals surface area contributed by atoms with E-state index in [1.165, 1.54) is 17.3 Å². The number of amides is 2. The van der Waals surface area contributed by atoms with E-state index in [1.54, 1.807) is 12.1 Å². The lowest BCUT2D eigenvalue weighted by atomic mass is 10.1. The number of benzene rings is 2. The van der Waals surface area contributed by atoms with Gasteiger partial charge in [0.1, 0.15) is 12.4 Å². The SMILES string of the molecule is Cc1ccc(OCCNC(=O)c2ccc3c(c2)NC(=O)CS3)c(C)c1. The van der Waals surface area contributed by atoms with Crippen molar-refractivity contribution in [2.75, 3.05) is 24.2 Å². The Bertz CT molecular complexity index is 820. The molecule has 0 radical (unpaired) electrons. The van der Waals surface area contributed by atoms with Gasteiger partial charge in [0.05, 0.1) is 18.0 Å². The molecule has 2 N–H and O–H groups in total. The summed E-state index contributed by atoms with van der Waals surface area (Å²) in [6, 6.07) is 11.3. The highest BCUT2D eigenvalue weighted by Crippen LogP contribution is 2.31. The molecule has 0 atom stereocenters. The topological polar surface area (TPSA) is 67.4 Å². The molecule has 1 aliphatic heterocycles. The number of rotatable bonds is 5. The van der Waals surface area contributed by atoms with Crippen molar-refractivity contribution in [3.8, 4) is 5.75 Å². The van der Waals surface area contributed by atoms with E-state index in [-0.39, 0.29) is 11.8 Å². The second kappa shape index (κ2) is 7.61. The van der Waals surface area contributed by atoms with E-state index in [9.17, 15) is 9.59 Å². The maximum absolute atomic E-state index is 12.2. The van der Waals surface area contributed by atoms with Gasteiger partial charge in [0.25, 0.3) is 5.91 Å². The molecule has 1 heterocycles. The molecule has 5 nitrogen and oxygen atoms in total. The molecule has 0 fully saturated rings. The van der Waals surface area contributed by atoms with E-state index >= 15 is 0 Å². The predicted molar refractivity (Wildman–Crippen MR) is 99.5 cm³/mol. The molecule has 130 valence electrons. The molecule has 2 aromatic rings. The molecular weight excluding hydrogens is 336 g/mol. The number of aryl methyl sites for hydroxylation is 2. The van der Waals surface area contributed by atoms with Crippen LogP contribution in [0.3, 0.4) is 0 Å². The van der Waals surface area contributed by atoms with E-state index in [0.717, 1.165) is 16.2 Å². The van der Waals surface area contributed by atoms with Crippen molar-refractivity contribution in [1.29, 1.82) is 0 Å². The Morgan fingerprint density at radius 2 is 2.08 bits per heavy atom. The molecule has 3 rings (SSSR count). The summed E-state index contributed by atoms with van der Waals surface area (Å²) in [4.78, 5) is 24.7. The summed E-state index contributed by atoms with van der Waals surface area (Å²) in [5, 5.41) is 5.62. The molecule has 0 saturated carbocycles. The van der Waals surface area contributed by atoms with Crippen molar-refractivity contribution in [1.82, 2.24) is 5.32 Å². The van der Waals surface area contributed by atoms with Gasteiger partial charge >= 0.3 is 0 Å². The number of fused-ring (bicyclic) bond motifs is 1. The Labute approximate surface area is 151 Å². The Morgan fingerprint density at radius 3 is 2.88 bits per heavy atom. The highest BCUT2D eigenvalue weighted by molar-refractivity contribution is 8.00. The number of carbonyl (C=O) groups excluding carboxylic acids is 2. The zero-order chi connectivity index (χ0) is 17.8. The minimum absolute atomic E-state index is 0.0445. The van der Waals surface area contributed by atoms with Gasteiger partial charge in [-0.1, -0.05) is 17.7 Å². The third-order valence-corrected chi connectivity index (χ3v) is 4.92. The van der Waals surface area contributed by atoms with Crippen LogP contribution in [0, 0.1) is 13.8 Å². The van der Waals surface area contributed by atoms with Crippen LogP contribution in [0.4, 0.5) is 5.69 Å². The summed E-state index contributed by atoms with van der Waals surface area (Å²) >= 11 is 1.47. The van der Waals surface area contributed by atoms with Gasteiger partial charge in [0.15, 0.2) is 0 Å². The lowest BCUT2D eigenvalue weighted by Gasteiger charge is -2.17. The van der Waals surface area contributed by atoms with E-state index in [0.29, 0.717) is 30.2 Å². The van der Waals surface area contributed by atoms with Crippen molar-refractivity contribution in [2.24, 2.45) is 0 Å². The molecule has 0 unspecified atom stereocenters. The van der Waals surface area contributed by atoms with Gasteiger partial charge in [-0.05, 0) is 43.7 Å². The second-order valence-corrected chi connectivity index (χ2v) is 6.94. The van der Waals surface area contributed by atoms with Gasteiger partial charge in [-0.2, -0.15) is 0 Å². The minimum Gasteiger partial charge on any atom is -0.491 e. The molecule has 2 aromatic carbocycles. The quantitative estimate of drug-likeness (QED) is 0.808. The molecule has 0 bridgehead atoms. The van der Waals surface area contributed by atoms with E-state index in [1.807, 2.05) is 32.0 Å². The highest BCUT2D eigenvalue weighted by atomic mass is 32.2. The van der Waals surface area contributed by atoms with Gasteiger partial charge in [-0.15, -0.1) is 11.8 Å². The predicted octanol–water partition coefficient (Wildman–Crippen LogP) is 3.16. The van der Waals surface area contributed by atoms with E-state index < -0.39 is 0 Å². The summed E-state index contributed by atoms with van der Waals surface area (Å²) < 4.78 is 5.71. The third-order valence-electron chi connectivity index (χ3n) is 3.85. The second-order valence-electron chi connectivity index (χ2n) is 5.92. The number of hydrogen-bond acceptors (Lipinski definition) is 4. The monoisotopic (exact) mass is 356 g/mol. The summed E-state index contributed by atoms with van der Waals surface area (Å²) in [6.45, 7) is 4.84. The summed E-state index contributed by atoms with van der Waals surface area (Å²) in [6.07, 6.45) is 0. The van der Waals surface area contributed by atoms with Crippen molar-refractivity contribution in [3.05, 3.63) is 53.1 Å². The molecule has 2 amide bonds. The first-order valence-electron chi connectivity index (χ1n) is 8.08. The zero-order valence-corrected chi connectivity index (χ0v) is 15.0. The van der Waals surface area contributed by atoms with Crippen LogP contribution in [0.15, 0.2) is 41.3 Å². The van der Waals surface area contributed by atoms with Crippen LogP contribution < -0.4 is 15.4 Å². The van der Waals surface area contributed by atoms with Crippen LogP contribution in [0.1, 0.15) is 21.5 Å². The largest absolute Gasteiger partial charge is 0.491 e. The Morgan fingerprint density at radius 1 is 1.24 bits per heavy atom. The Balaban J connectivity index is 1.53. The Hall–Kier alpha value is -2.47. The molecule has 25 heavy (non-hydrogen) atoms. The van der Waals surface area contributed by atoms with Crippen LogP contribution >= 0.6 is 11.8 Å². The minimum atomic E-state index is -0.183. The van der Waals surface area contributed by atoms with E-state index in [2.05, 4.69) is 16.7 Å². The zero-order valence-electron chi connectivity index (χ0n) is 14.2. The summed E-state index contributed by atoms with van der Waals surface area (Å²) in [7, 11) is 0. The number of anilines is 1. The fourth-order valence-corrected chi connectivity index (χ4v) is 3.40. The third kappa shape index (κ3) is 4.33. The van der Waals surface area contributed by atoms with Crippen LogP contribution in [0.2, 0.25) is 0 Å². The van der Waals surface area contributed by atoms with Gasteiger partial charge in [0, 0.05) is 10.5 Å². The molecule has 1 aliphatic rings. The number of hydrogen-bond donors (Lipinski definition) is 2. The highest BCUT2D eigenvalue weighted by Gasteiger charge is 2.17. The van der Waals surface area contributed by atoms with Crippen LogP contribution in [-0.2, 0) is 4.79 Å². The first-order valence-corrected chi connectivity index (χ1v) is 9.06. The van der Waals surface area contributed by atoms with Crippen LogP contribution in [-0.4, -0.2) is 30.7 Å². The number of carbonyl (C=O) groups is 2. The van der Waals surface area contributed by atoms with Crippen molar-refractivity contribution >= 4 is 29.3 Å². The molecule has 6 heteroatoms. The van der Waals surface area contributed by atoms with E-state index in [4.69, 9.17) is 4.74 Å². The smallest absolute Gasteiger partial charge is 0.251 e. The maximum Gasteiger partial charge on any atom is 0.251 e. The van der Waals surface area contributed by atoms with Crippen molar-refractivity contribution < 1.29 is 14.3 Å². The normalized spacial score (nSPS) is 13.0. The fraction of sp³-hybridized carbons (Fsp3) is 0.263. The van der Waals surface area contributed by atoms with Gasteiger partial charge in [-0.3, -0.25) is 9.59 Å². The first-order chi connectivity index (χ1) is 12.0. The molecule has 0 spiro atoms. The van der Waals surface area contributed by atoms with Crippen molar-refractivity contribution in [2.45, 2.75) is 18.7 Å². The Kier molecular flexibility index (Phi) is 5.28. The molecule has 0 aliphatic carbocycles. The molecular formula is C19H20N2O3S.